The lowest BCUT2D eigenvalue weighted by molar-refractivity contribution is 0.173. The van der Waals surface area contributed by atoms with Gasteiger partial charge in [0, 0.05) is 19.3 Å². The Balaban J connectivity index is 1.63. The van der Waals surface area contributed by atoms with Crippen molar-refractivity contribution < 1.29 is 5.11 Å². The minimum atomic E-state index is -0.0375. The zero-order chi connectivity index (χ0) is 20.5. The first-order valence-electron chi connectivity index (χ1n) is 10.7. The Labute approximate surface area is 175 Å². The summed E-state index contributed by atoms with van der Waals surface area (Å²) in [5, 5.41) is 13.0. The molecule has 5 rings (SSSR count). The average molecular weight is 399 g/mol. The fourth-order valence-electron chi connectivity index (χ4n) is 4.43. The number of aromatic nitrogens is 1. The van der Waals surface area contributed by atoms with Gasteiger partial charge in [0.25, 0.3) is 5.56 Å². The predicted molar refractivity (Wildman–Crippen MR) is 123 cm³/mol. The number of hydrogen-bond donors (Lipinski definition) is 2. The number of benzene rings is 3. The van der Waals surface area contributed by atoms with Gasteiger partial charge in [-0.2, -0.15) is 0 Å². The summed E-state index contributed by atoms with van der Waals surface area (Å²) in [7, 11) is 0. The maximum Gasteiger partial charge on any atom is 0.256 e. The second-order valence-corrected chi connectivity index (χ2v) is 8.22. The number of aliphatic hydroxyl groups is 1. The Morgan fingerprint density at radius 2 is 1.73 bits per heavy atom. The Bertz CT molecular complexity index is 1250. The van der Waals surface area contributed by atoms with Crippen molar-refractivity contribution >= 4 is 21.5 Å². The SMILES string of the molecule is O=c1[nH]ccc2cc(CN3CCC3)c3ccc(-c4ccc(CCCO)cc4)cc3c12. The molecule has 4 nitrogen and oxygen atoms in total. The van der Waals surface area contributed by atoms with Gasteiger partial charge in [-0.3, -0.25) is 9.69 Å². The normalized spacial score (nSPS) is 14.3. The number of pyridine rings is 1. The summed E-state index contributed by atoms with van der Waals surface area (Å²) in [6.45, 7) is 3.44. The van der Waals surface area contributed by atoms with Crippen molar-refractivity contribution in [3.63, 3.8) is 0 Å². The van der Waals surface area contributed by atoms with Crippen molar-refractivity contribution in [1.82, 2.24) is 9.88 Å². The second-order valence-electron chi connectivity index (χ2n) is 8.22. The van der Waals surface area contributed by atoms with Crippen LogP contribution in [0.25, 0.3) is 32.7 Å². The number of aliphatic hydroxyl groups excluding tert-OH is 1. The molecule has 1 aliphatic heterocycles. The Kier molecular flexibility index (Phi) is 5.11. The summed E-state index contributed by atoms with van der Waals surface area (Å²) in [5.41, 5.74) is 4.73. The molecule has 0 aliphatic carbocycles. The molecule has 3 aromatic carbocycles. The Morgan fingerprint density at radius 3 is 2.47 bits per heavy atom. The number of nitrogens with one attached hydrogen (secondary N) is 1. The molecule has 30 heavy (non-hydrogen) atoms. The van der Waals surface area contributed by atoms with Gasteiger partial charge in [-0.05, 0) is 89.0 Å². The lowest BCUT2D eigenvalue weighted by atomic mass is 9.93. The fraction of sp³-hybridized carbons (Fsp3) is 0.269. The molecule has 0 spiro atoms. The number of likely N-dealkylation sites (tertiary alicyclic amines) is 1. The van der Waals surface area contributed by atoms with Crippen LogP contribution in [0.4, 0.5) is 0 Å². The molecule has 1 fully saturated rings. The molecule has 0 atom stereocenters. The van der Waals surface area contributed by atoms with E-state index in [9.17, 15) is 4.79 Å². The highest BCUT2D eigenvalue weighted by Gasteiger charge is 2.17. The molecule has 0 unspecified atom stereocenters. The lowest BCUT2D eigenvalue weighted by Gasteiger charge is -2.31. The number of aromatic amines is 1. The number of hydrogen-bond acceptors (Lipinski definition) is 3. The highest BCUT2D eigenvalue weighted by molar-refractivity contribution is 6.09. The van der Waals surface area contributed by atoms with Crippen LogP contribution in [-0.4, -0.2) is 34.7 Å². The zero-order valence-corrected chi connectivity index (χ0v) is 17.0. The highest BCUT2D eigenvalue weighted by atomic mass is 16.2. The van der Waals surface area contributed by atoms with Gasteiger partial charge >= 0.3 is 0 Å². The molecule has 152 valence electrons. The van der Waals surface area contributed by atoms with E-state index in [1.807, 2.05) is 6.07 Å². The van der Waals surface area contributed by atoms with Gasteiger partial charge in [0.15, 0.2) is 0 Å². The monoisotopic (exact) mass is 398 g/mol. The molecule has 1 aliphatic rings. The molecule has 0 saturated carbocycles. The van der Waals surface area contributed by atoms with Crippen molar-refractivity contribution in [2.45, 2.75) is 25.8 Å². The van der Waals surface area contributed by atoms with E-state index >= 15 is 0 Å². The summed E-state index contributed by atoms with van der Waals surface area (Å²) in [4.78, 5) is 18.0. The molecule has 1 aromatic heterocycles. The van der Waals surface area contributed by atoms with E-state index in [0.29, 0.717) is 0 Å². The third kappa shape index (κ3) is 3.53. The summed E-state index contributed by atoms with van der Waals surface area (Å²) in [5.74, 6) is 0. The summed E-state index contributed by atoms with van der Waals surface area (Å²) in [6.07, 6.45) is 4.67. The molecule has 4 aromatic rings. The van der Waals surface area contributed by atoms with Crippen LogP contribution in [0.3, 0.4) is 0 Å². The standard InChI is InChI=1S/C26H26N2O2/c29-14-1-3-18-4-6-19(7-5-18)20-8-9-23-22(17-28-12-2-13-28)15-21-10-11-27-26(30)25(21)24(23)16-20/h4-11,15-16,29H,1-3,12-14,17H2,(H,27,30). The van der Waals surface area contributed by atoms with Crippen LogP contribution in [0.5, 0.6) is 0 Å². The molecule has 4 heteroatoms. The van der Waals surface area contributed by atoms with E-state index in [0.717, 1.165) is 65.1 Å². The van der Waals surface area contributed by atoms with Crippen LogP contribution >= 0.6 is 0 Å². The highest BCUT2D eigenvalue weighted by Crippen LogP contribution is 2.32. The van der Waals surface area contributed by atoms with E-state index in [1.165, 1.54) is 17.5 Å². The smallest absolute Gasteiger partial charge is 0.256 e. The first-order valence-corrected chi connectivity index (χ1v) is 10.7. The van der Waals surface area contributed by atoms with Gasteiger partial charge in [-0.25, -0.2) is 0 Å². The van der Waals surface area contributed by atoms with Crippen molar-refractivity contribution in [3.8, 4) is 11.1 Å². The van der Waals surface area contributed by atoms with E-state index < -0.39 is 0 Å². The van der Waals surface area contributed by atoms with Crippen molar-refractivity contribution in [3.05, 3.63) is 82.3 Å². The van der Waals surface area contributed by atoms with Crippen LogP contribution in [0, 0.1) is 0 Å². The first kappa shape index (κ1) is 19.0. The summed E-state index contributed by atoms with van der Waals surface area (Å²) in [6, 6.07) is 19.2. The predicted octanol–water partition coefficient (Wildman–Crippen LogP) is 4.48. The van der Waals surface area contributed by atoms with Crippen molar-refractivity contribution in [1.29, 1.82) is 0 Å². The molecule has 1 saturated heterocycles. The van der Waals surface area contributed by atoms with Crippen molar-refractivity contribution in [2.24, 2.45) is 0 Å². The number of fused-ring (bicyclic) bond motifs is 3. The Hall–Kier alpha value is -2.95. The Morgan fingerprint density at radius 1 is 0.933 bits per heavy atom. The minimum absolute atomic E-state index is 0.0375. The second kappa shape index (κ2) is 8.05. The largest absolute Gasteiger partial charge is 0.396 e. The van der Waals surface area contributed by atoms with E-state index in [4.69, 9.17) is 5.11 Å². The molecule has 0 radical (unpaired) electrons. The topological polar surface area (TPSA) is 56.3 Å². The minimum Gasteiger partial charge on any atom is -0.396 e. The van der Waals surface area contributed by atoms with Gasteiger partial charge in [0.05, 0.1) is 5.39 Å². The van der Waals surface area contributed by atoms with Gasteiger partial charge < -0.3 is 10.1 Å². The number of H-pyrrole nitrogens is 1. The molecular weight excluding hydrogens is 372 g/mol. The summed E-state index contributed by atoms with van der Waals surface area (Å²) >= 11 is 0. The van der Waals surface area contributed by atoms with Crippen molar-refractivity contribution in [2.75, 3.05) is 19.7 Å². The van der Waals surface area contributed by atoms with Gasteiger partial charge in [0.1, 0.15) is 0 Å². The molecule has 0 amide bonds. The van der Waals surface area contributed by atoms with Gasteiger partial charge in [-0.1, -0.05) is 36.4 Å². The number of aryl methyl sites for hydroxylation is 1. The maximum absolute atomic E-state index is 12.7. The van der Waals surface area contributed by atoms with E-state index in [-0.39, 0.29) is 12.2 Å². The van der Waals surface area contributed by atoms with Gasteiger partial charge in [-0.15, -0.1) is 0 Å². The van der Waals surface area contributed by atoms with Crippen LogP contribution in [0.1, 0.15) is 24.0 Å². The van der Waals surface area contributed by atoms with Crippen LogP contribution in [0.2, 0.25) is 0 Å². The summed E-state index contributed by atoms with van der Waals surface area (Å²) < 4.78 is 0. The number of rotatable bonds is 6. The van der Waals surface area contributed by atoms with E-state index in [1.54, 1.807) is 6.20 Å². The quantitative estimate of drug-likeness (QED) is 0.471. The van der Waals surface area contributed by atoms with Crippen LogP contribution in [0.15, 0.2) is 65.6 Å². The van der Waals surface area contributed by atoms with Crippen LogP contribution in [-0.2, 0) is 13.0 Å². The average Bonchev–Trinajstić information content (AvgIpc) is 2.74. The third-order valence-corrected chi connectivity index (χ3v) is 6.21. The zero-order valence-electron chi connectivity index (χ0n) is 17.0. The molecule has 2 N–H and O–H groups in total. The fourth-order valence-corrected chi connectivity index (χ4v) is 4.43. The maximum atomic E-state index is 12.7. The molecule has 2 heterocycles. The number of nitrogens with zero attached hydrogens (tertiary/aromatic N) is 1. The lowest BCUT2D eigenvalue weighted by Crippen LogP contribution is -2.36. The van der Waals surface area contributed by atoms with Gasteiger partial charge in [0.2, 0.25) is 0 Å². The third-order valence-electron chi connectivity index (χ3n) is 6.21. The molecular formula is C26H26N2O2. The first-order chi connectivity index (χ1) is 14.7. The molecule has 0 bridgehead atoms. The van der Waals surface area contributed by atoms with E-state index in [2.05, 4.69) is 58.4 Å². The van der Waals surface area contributed by atoms with Crippen LogP contribution < -0.4 is 5.56 Å².